The second-order valence-corrected chi connectivity index (χ2v) is 5.77. The molecule has 1 atom stereocenters. The molecule has 0 radical (unpaired) electrons. The van der Waals surface area contributed by atoms with Crippen LogP contribution in [-0.4, -0.2) is 26.4 Å². The van der Waals surface area contributed by atoms with Crippen LogP contribution >= 0.6 is 11.8 Å². The largest absolute Gasteiger partial charge is 0.480 e. The number of nitrogens with two attached hydrogens (primary N) is 1. The monoisotopic (exact) mass is 354 g/mol. The van der Waals surface area contributed by atoms with Crippen molar-refractivity contribution in [3.63, 3.8) is 0 Å². The molecule has 1 aromatic heterocycles. The third-order valence-corrected chi connectivity index (χ3v) is 3.95. The van der Waals surface area contributed by atoms with Crippen LogP contribution in [0.15, 0.2) is 36.0 Å². The number of allylic oxidation sites excluding steroid dienone is 1. The lowest BCUT2D eigenvalue weighted by Crippen LogP contribution is -2.15. The molecule has 9 heteroatoms. The van der Waals surface area contributed by atoms with Crippen molar-refractivity contribution >= 4 is 17.7 Å². The van der Waals surface area contributed by atoms with Crippen LogP contribution in [0.1, 0.15) is 18.9 Å². The highest BCUT2D eigenvalue weighted by molar-refractivity contribution is 7.99. The average Bonchev–Trinajstić information content (AvgIpc) is 2.91. The molecule has 0 aliphatic rings. The third-order valence-electron chi connectivity index (χ3n) is 2.96. The first-order valence-corrected chi connectivity index (χ1v) is 7.97. The lowest BCUT2D eigenvalue weighted by Gasteiger charge is -2.16. The van der Waals surface area contributed by atoms with Gasteiger partial charge in [-0.25, -0.2) is 8.78 Å². The second-order valence-electron chi connectivity index (χ2n) is 4.83. The maximum Gasteiger partial charge on any atom is 0.227 e. The number of hydrogen-bond donors (Lipinski definition) is 1. The Bertz CT molecular complexity index is 751. The summed E-state index contributed by atoms with van der Waals surface area (Å²) in [6.07, 6.45) is 0.979. The summed E-state index contributed by atoms with van der Waals surface area (Å²) in [5.74, 6) is -1.59. The molecule has 0 aliphatic carbocycles. The van der Waals surface area contributed by atoms with E-state index in [0.717, 1.165) is 23.9 Å². The summed E-state index contributed by atoms with van der Waals surface area (Å²) >= 11 is 1.13. The Morgan fingerprint density at radius 3 is 2.88 bits per heavy atom. The van der Waals surface area contributed by atoms with Crippen LogP contribution in [0.25, 0.3) is 0 Å². The Balaban J connectivity index is 2.22. The number of halogens is 2. The van der Waals surface area contributed by atoms with Gasteiger partial charge in [-0.1, -0.05) is 17.8 Å². The number of carbonyl (C=O) groups is 1. The van der Waals surface area contributed by atoms with Gasteiger partial charge < -0.3 is 10.5 Å². The number of hydrogen-bond acceptors (Lipinski definition) is 5. The Kier molecular flexibility index (Phi) is 5.91. The van der Waals surface area contributed by atoms with Crippen molar-refractivity contribution in [2.75, 3.05) is 5.75 Å². The number of ether oxygens (including phenoxy) is 1. The molecule has 0 fully saturated rings. The Labute approximate surface area is 141 Å². The van der Waals surface area contributed by atoms with Crippen molar-refractivity contribution in [3.8, 4) is 5.75 Å². The molecule has 24 heavy (non-hydrogen) atoms. The topological polar surface area (TPSA) is 83.0 Å². The minimum atomic E-state index is -0.806. The van der Waals surface area contributed by atoms with Gasteiger partial charge in [0, 0.05) is 12.6 Å². The zero-order valence-corrected chi connectivity index (χ0v) is 13.7. The highest BCUT2D eigenvalue weighted by Gasteiger charge is 2.20. The summed E-state index contributed by atoms with van der Waals surface area (Å²) in [6.45, 7) is 5.70. The number of carbonyl (C=O) groups excluding carboxylic acids is 1. The number of amides is 1. The van der Waals surface area contributed by atoms with Gasteiger partial charge in [0.25, 0.3) is 0 Å². The van der Waals surface area contributed by atoms with Crippen molar-refractivity contribution in [3.05, 3.63) is 48.3 Å². The summed E-state index contributed by atoms with van der Waals surface area (Å²) in [6, 6.07) is 3.05. The summed E-state index contributed by atoms with van der Waals surface area (Å²) in [4.78, 5) is 10.9. The number of primary amides is 1. The van der Waals surface area contributed by atoms with Gasteiger partial charge in [0.1, 0.15) is 5.82 Å². The minimum absolute atomic E-state index is 0.0527. The lowest BCUT2D eigenvalue weighted by atomic mass is 10.3. The number of thioether (sulfide) groups is 1. The van der Waals surface area contributed by atoms with Crippen molar-refractivity contribution in [2.45, 2.75) is 24.7 Å². The fraction of sp³-hybridized carbons (Fsp3) is 0.267. The van der Waals surface area contributed by atoms with Crippen LogP contribution in [0.3, 0.4) is 0 Å². The van der Waals surface area contributed by atoms with Gasteiger partial charge in [0.05, 0.1) is 5.75 Å². The molecule has 1 heterocycles. The normalized spacial score (nSPS) is 12.0. The summed E-state index contributed by atoms with van der Waals surface area (Å²) < 4.78 is 33.9. The molecular formula is C15H16F2N4O2S. The van der Waals surface area contributed by atoms with Gasteiger partial charge in [-0.3, -0.25) is 9.36 Å². The molecule has 1 unspecified atom stereocenters. The summed E-state index contributed by atoms with van der Waals surface area (Å²) in [5, 5.41) is 8.49. The van der Waals surface area contributed by atoms with E-state index < -0.39 is 23.6 Å². The predicted molar refractivity (Wildman–Crippen MR) is 85.5 cm³/mol. The maximum absolute atomic E-state index is 13.7. The third kappa shape index (κ3) is 4.31. The quantitative estimate of drug-likeness (QED) is 0.582. The molecule has 6 nitrogen and oxygen atoms in total. The first kappa shape index (κ1) is 17.9. The molecule has 128 valence electrons. The molecule has 0 spiro atoms. The van der Waals surface area contributed by atoms with Gasteiger partial charge >= 0.3 is 0 Å². The predicted octanol–water partition coefficient (Wildman–Crippen LogP) is 2.46. The van der Waals surface area contributed by atoms with E-state index in [1.165, 1.54) is 6.07 Å². The standard InChI is InChI=1S/C15H16F2N4O2S/c1-3-6-21-14(19-20-15(21)24-8-13(18)22)9(2)23-12-5-4-10(16)7-11(12)17/h3-5,7,9H,1,6,8H2,2H3,(H2,18,22). The number of aromatic nitrogens is 3. The second kappa shape index (κ2) is 7.91. The Hall–Kier alpha value is -2.42. The van der Waals surface area contributed by atoms with Gasteiger partial charge in [0.2, 0.25) is 5.91 Å². The van der Waals surface area contributed by atoms with Crippen LogP contribution in [-0.2, 0) is 11.3 Å². The van der Waals surface area contributed by atoms with Crippen LogP contribution in [0, 0.1) is 11.6 Å². The number of nitrogens with zero attached hydrogens (tertiary/aromatic N) is 3. The zero-order valence-electron chi connectivity index (χ0n) is 12.9. The molecule has 0 saturated carbocycles. The van der Waals surface area contributed by atoms with Gasteiger partial charge in [-0.05, 0) is 19.1 Å². The average molecular weight is 354 g/mol. The van der Waals surface area contributed by atoms with E-state index in [2.05, 4.69) is 16.8 Å². The highest BCUT2D eigenvalue weighted by Crippen LogP contribution is 2.26. The van der Waals surface area contributed by atoms with E-state index in [1.54, 1.807) is 17.6 Å². The smallest absolute Gasteiger partial charge is 0.227 e. The van der Waals surface area contributed by atoms with E-state index in [9.17, 15) is 13.6 Å². The summed E-state index contributed by atoms with van der Waals surface area (Å²) in [7, 11) is 0. The molecule has 1 aromatic carbocycles. The van der Waals surface area contributed by atoms with Crippen molar-refractivity contribution < 1.29 is 18.3 Å². The first-order chi connectivity index (χ1) is 11.4. The van der Waals surface area contributed by atoms with Crippen molar-refractivity contribution in [1.29, 1.82) is 0 Å². The molecule has 2 aromatic rings. The maximum atomic E-state index is 13.7. The lowest BCUT2D eigenvalue weighted by molar-refractivity contribution is -0.115. The zero-order chi connectivity index (χ0) is 17.7. The molecule has 2 rings (SSSR count). The minimum Gasteiger partial charge on any atom is -0.480 e. The highest BCUT2D eigenvalue weighted by atomic mass is 32.2. The number of benzene rings is 1. The van der Waals surface area contributed by atoms with Crippen LogP contribution in [0.2, 0.25) is 0 Å². The van der Waals surface area contributed by atoms with E-state index in [-0.39, 0.29) is 11.5 Å². The number of rotatable bonds is 8. The van der Waals surface area contributed by atoms with Crippen molar-refractivity contribution in [2.24, 2.45) is 5.73 Å². The van der Waals surface area contributed by atoms with Gasteiger partial charge in [-0.15, -0.1) is 16.8 Å². The fourth-order valence-corrected chi connectivity index (χ4v) is 2.65. The van der Waals surface area contributed by atoms with Crippen LogP contribution in [0.5, 0.6) is 5.75 Å². The Morgan fingerprint density at radius 2 is 2.25 bits per heavy atom. The molecule has 0 aliphatic heterocycles. The van der Waals surface area contributed by atoms with E-state index in [0.29, 0.717) is 17.5 Å². The van der Waals surface area contributed by atoms with Gasteiger partial charge in [0.15, 0.2) is 28.7 Å². The van der Waals surface area contributed by atoms with E-state index >= 15 is 0 Å². The molecule has 0 bridgehead atoms. The molecule has 0 saturated heterocycles. The first-order valence-electron chi connectivity index (χ1n) is 6.99. The summed E-state index contributed by atoms with van der Waals surface area (Å²) in [5.41, 5.74) is 5.13. The van der Waals surface area contributed by atoms with Crippen LogP contribution < -0.4 is 10.5 Å². The fourth-order valence-electron chi connectivity index (χ4n) is 1.96. The van der Waals surface area contributed by atoms with E-state index in [4.69, 9.17) is 10.5 Å². The van der Waals surface area contributed by atoms with Crippen molar-refractivity contribution in [1.82, 2.24) is 14.8 Å². The van der Waals surface area contributed by atoms with E-state index in [1.807, 2.05) is 0 Å². The molecule has 1 amide bonds. The SMILES string of the molecule is C=CCn1c(SCC(N)=O)nnc1C(C)Oc1ccc(F)cc1F. The van der Waals surface area contributed by atoms with Gasteiger partial charge in [-0.2, -0.15) is 0 Å². The van der Waals surface area contributed by atoms with Crippen LogP contribution in [0.4, 0.5) is 8.78 Å². The molecule has 2 N–H and O–H groups in total. The Morgan fingerprint density at radius 1 is 1.50 bits per heavy atom. The molecular weight excluding hydrogens is 338 g/mol.